The van der Waals surface area contributed by atoms with Gasteiger partial charge < -0.3 is 4.57 Å². The van der Waals surface area contributed by atoms with Crippen LogP contribution < -0.4 is 0 Å². The van der Waals surface area contributed by atoms with E-state index in [4.69, 9.17) is 0 Å². The van der Waals surface area contributed by atoms with Gasteiger partial charge in [-0.05, 0) is 58.9 Å². The van der Waals surface area contributed by atoms with Crippen LogP contribution >= 0.6 is 0 Å². The molecule has 0 saturated heterocycles. The Kier molecular flexibility index (Phi) is 2.51. The van der Waals surface area contributed by atoms with E-state index in [0.717, 1.165) is 6.54 Å². The summed E-state index contributed by atoms with van der Waals surface area (Å²) in [5.74, 6) is 1.39. The smallest absolute Gasteiger partial charge is 0.0497 e. The van der Waals surface area contributed by atoms with E-state index in [1.165, 1.54) is 32.6 Å². The first-order valence-electron chi connectivity index (χ1n) is 8.67. The van der Waals surface area contributed by atoms with Gasteiger partial charge in [0.2, 0.25) is 0 Å². The van der Waals surface area contributed by atoms with Gasteiger partial charge in [0, 0.05) is 28.4 Å². The number of fused-ring (bicyclic) bond motifs is 5. The van der Waals surface area contributed by atoms with Crippen molar-refractivity contribution in [2.24, 2.45) is 0 Å². The SMILES string of the molecule is CCn1c2ccccc2c2cc3cc4c(cc3cc21)[C@H](C)[C@@H]4C. The fraction of sp³-hybridized carbons (Fsp3) is 0.273. The summed E-state index contributed by atoms with van der Waals surface area (Å²) in [5, 5.41) is 5.52. The number of rotatable bonds is 1. The second-order valence-corrected chi connectivity index (χ2v) is 7.04. The van der Waals surface area contributed by atoms with Gasteiger partial charge in [-0.3, -0.25) is 0 Å². The van der Waals surface area contributed by atoms with Gasteiger partial charge in [-0.1, -0.05) is 44.2 Å². The first-order valence-corrected chi connectivity index (χ1v) is 8.67. The molecule has 1 aliphatic carbocycles. The van der Waals surface area contributed by atoms with Crippen LogP contribution in [0.3, 0.4) is 0 Å². The van der Waals surface area contributed by atoms with Crippen molar-refractivity contribution in [1.82, 2.24) is 4.57 Å². The Bertz CT molecular complexity index is 1080. The molecule has 0 N–H and O–H groups in total. The summed E-state index contributed by atoms with van der Waals surface area (Å²) in [6.07, 6.45) is 0. The summed E-state index contributed by atoms with van der Waals surface area (Å²) < 4.78 is 2.44. The van der Waals surface area contributed by atoms with Crippen LogP contribution in [0, 0.1) is 0 Å². The molecule has 0 amide bonds. The van der Waals surface area contributed by atoms with E-state index < -0.39 is 0 Å². The molecule has 1 aromatic heterocycles. The molecule has 0 radical (unpaired) electrons. The van der Waals surface area contributed by atoms with Crippen LogP contribution in [0.25, 0.3) is 32.6 Å². The highest BCUT2D eigenvalue weighted by Gasteiger charge is 2.30. The molecule has 1 heteroatoms. The Balaban J connectivity index is 1.93. The van der Waals surface area contributed by atoms with Gasteiger partial charge in [0.1, 0.15) is 0 Å². The van der Waals surface area contributed by atoms with E-state index in [2.05, 4.69) is 73.9 Å². The van der Waals surface area contributed by atoms with Crippen molar-refractivity contribution >= 4 is 32.6 Å². The second kappa shape index (κ2) is 4.38. The minimum atomic E-state index is 0.696. The van der Waals surface area contributed by atoms with Gasteiger partial charge in [0.05, 0.1) is 0 Å². The Morgan fingerprint density at radius 1 is 0.783 bits per heavy atom. The van der Waals surface area contributed by atoms with Gasteiger partial charge >= 0.3 is 0 Å². The molecule has 0 aliphatic heterocycles. The van der Waals surface area contributed by atoms with Crippen LogP contribution in [0.1, 0.15) is 43.7 Å². The summed E-state index contributed by atoms with van der Waals surface area (Å²) in [4.78, 5) is 0. The molecular weight excluding hydrogens is 278 g/mol. The third-order valence-electron chi connectivity index (χ3n) is 5.98. The Morgan fingerprint density at radius 2 is 1.43 bits per heavy atom. The summed E-state index contributed by atoms with van der Waals surface area (Å²) in [7, 11) is 0. The molecule has 5 rings (SSSR count). The molecule has 2 atom stereocenters. The minimum absolute atomic E-state index is 0.696. The minimum Gasteiger partial charge on any atom is -0.341 e. The maximum absolute atomic E-state index is 2.44. The molecule has 0 saturated carbocycles. The Hall–Kier alpha value is -2.28. The largest absolute Gasteiger partial charge is 0.341 e. The maximum atomic E-state index is 2.44. The molecule has 0 spiro atoms. The fourth-order valence-corrected chi connectivity index (χ4v) is 4.45. The summed E-state index contributed by atoms with van der Waals surface area (Å²) in [6, 6.07) is 18.4. The topological polar surface area (TPSA) is 4.93 Å². The third kappa shape index (κ3) is 1.57. The van der Waals surface area contributed by atoms with Crippen molar-refractivity contribution in [3.05, 3.63) is 59.7 Å². The molecule has 0 bridgehead atoms. The third-order valence-corrected chi connectivity index (χ3v) is 5.98. The molecule has 114 valence electrons. The van der Waals surface area contributed by atoms with Gasteiger partial charge in [-0.2, -0.15) is 0 Å². The Morgan fingerprint density at radius 3 is 2.13 bits per heavy atom. The fourth-order valence-electron chi connectivity index (χ4n) is 4.45. The van der Waals surface area contributed by atoms with E-state index in [9.17, 15) is 0 Å². The molecule has 3 aromatic carbocycles. The molecule has 1 aliphatic rings. The number of para-hydroxylation sites is 1. The van der Waals surface area contributed by atoms with Crippen LogP contribution in [0.15, 0.2) is 48.5 Å². The van der Waals surface area contributed by atoms with E-state index >= 15 is 0 Å². The van der Waals surface area contributed by atoms with Crippen molar-refractivity contribution in [2.75, 3.05) is 0 Å². The standard InChI is InChI=1S/C22H21N/c1-4-23-21-8-6-5-7-17(21)20-11-15-9-18-13(2)14(3)19(18)10-16(15)12-22(20)23/h5-14H,4H2,1-3H3/t13-,14+/m0/s1. The number of hydrogen-bond donors (Lipinski definition) is 0. The van der Waals surface area contributed by atoms with Crippen LogP contribution in [0.5, 0.6) is 0 Å². The van der Waals surface area contributed by atoms with Crippen molar-refractivity contribution in [1.29, 1.82) is 0 Å². The number of benzene rings is 3. The highest BCUT2D eigenvalue weighted by molar-refractivity contribution is 6.12. The molecule has 0 unspecified atom stereocenters. The number of aromatic nitrogens is 1. The number of hydrogen-bond acceptors (Lipinski definition) is 0. The highest BCUT2D eigenvalue weighted by Crippen LogP contribution is 2.48. The Labute approximate surface area is 136 Å². The van der Waals surface area contributed by atoms with Crippen molar-refractivity contribution < 1.29 is 0 Å². The molecule has 1 nitrogen and oxygen atoms in total. The first kappa shape index (κ1) is 13.2. The molecule has 1 heterocycles. The van der Waals surface area contributed by atoms with Gasteiger partial charge in [0.15, 0.2) is 0 Å². The van der Waals surface area contributed by atoms with Crippen molar-refractivity contribution in [3.8, 4) is 0 Å². The average molecular weight is 299 g/mol. The summed E-state index contributed by atoms with van der Waals surface area (Å²) in [6.45, 7) is 7.94. The van der Waals surface area contributed by atoms with Crippen molar-refractivity contribution in [2.45, 2.75) is 39.2 Å². The van der Waals surface area contributed by atoms with Gasteiger partial charge in [-0.25, -0.2) is 0 Å². The summed E-state index contributed by atoms with van der Waals surface area (Å²) >= 11 is 0. The van der Waals surface area contributed by atoms with Crippen LogP contribution in [-0.2, 0) is 6.54 Å². The predicted octanol–water partition coefficient (Wildman–Crippen LogP) is 6.19. The molecular formula is C22H21N. The van der Waals surface area contributed by atoms with E-state index in [0.29, 0.717) is 11.8 Å². The maximum Gasteiger partial charge on any atom is 0.0497 e. The van der Waals surface area contributed by atoms with E-state index in [-0.39, 0.29) is 0 Å². The van der Waals surface area contributed by atoms with E-state index in [1.54, 1.807) is 11.1 Å². The lowest BCUT2D eigenvalue weighted by molar-refractivity contribution is 0.544. The van der Waals surface area contributed by atoms with Crippen LogP contribution in [0.2, 0.25) is 0 Å². The lowest BCUT2D eigenvalue weighted by Gasteiger charge is -2.35. The van der Waals surface area contributed by atoms with Gasteiger partial charge in [-0.15, -0.1) is 0 Å². The molecule has 4 aromatic rings. The number of aryl methyl sites for hydroxylation is 1. The van der Waals surface area contributed by atoms with Crippen LogP contribution in [0.4, 0.5) is 0 Å². The average Bonchev–Trinajstić information content (AvgIpc) is 2.91. The highest BCUT2D eigenvalue weighted by atomic mass is 15.0. The number of nitrogens with zero attached hydrogens (tertiary/aromatic N) is 1. The van der Waals surface area contributed by atoms with Crippen LogP contribution in [-0.4, -0.2) is 4.57 Å². The lowest BCUT2D eigenvalue weighted by Crippen LogP contribution is -2.18. The van der Waals surface area contributed by atoms with E-state index in [1.807, 2.05) is 0 Å². The quantitative estimate of drug-likeness (QED) is 0.395. The molecule has 23 heavy (non-hydrogen) atoms. The lowest BCUT2D eigenvalue weighted by atomic mass is 9.69. The monoisotopic (exact) mass is 299 g/mol. The zero-order valence-electron chi connectivity index (χ0n) is 13.9. The van der Waals surface area contributed by atoms with Gasteiger partial charge in [0.25, 0.3) is 0 Å². The zero-order valence-corrected chi connectivity index (χ0v) is 13.9. The normalized spacial score (nSPS) is 20.1. The first-order chi connectivity index (χ1) is 11.2. The second-order valence-electron chi connectivity index (χ2n) is 7.04. The predicted molar refractivity (Wildman–Crippen MR) is 99.5 cm³/mol. The van der Waals surface area contributed by atoms with Crippen molar-refractivity contribution in [3.63, 3.8) is 0 Å². The molecule has 0 fully saturated rings. The zero-order chi connectivity index (χ0) is 15.7. The summed E-state index contributed by atoms with van der Waals surface area (Å²) in [5.41, 5.74) is 5.80.